The predicted molar refractivity (Wildman–Crippen MR) is 76.0 cm³/mol. The number of likely N-dealkylation sites (N-methyl/N-ethyl adjacent to an activating group) is 1. The minimum Gasteiger partial charge on any atom is -0.326 e. The lowest BCUT2D eigenvalue weighted by Crippen LogP contribution is -2.62. The van der Waals surface area contributed by atoms with E-state index in [0.717, 1.165) is 0 Å². The highest BCUT2D eigenvalue weighted by molar-refractivity contribution is 4.73. The van der Waals surface area contributed by atoms with E-state index in [4.69, 9.17) is 0 Å². The normalized spacial score (nSPS) is 32.3. The van der Waals surface area contributed by atoms with Gasteiger partial charge < -0.3 is 4.48 Å². The SMILES string of the molecule is CC(NN1CCCCC1C)N1CC[N+](C)(C)CC1. The second-order valence-electron chi connectivity index (χ2n) is 6.76. The van der Waals surface area contributed by atoms with Crippen LogP contribution >= 0.6 is 0 Å². The molecule has 0 bridgehead atoms. The largest absolute Gasteiger partial charge is 0.326 e. The zero-order valence-electron chi connectivity index (χ0n) is 12.7. The third kappa shape index (κ3) is 3.67. The van der Waals surface area contributed by atoms with Crippen molar-refractivity contribution in [3.63, 3.8) is 0 Å². The fourth-order valence-corrected chi connectivity index (χ4v) is 3.02. The molecule has 2 aliphatic rings. The second-order valence-corrected chi connectivity index (χ2v) is 6.76. The second kappa shape index (κ2) is 5.87. The van der Waals surface area contributed by atoms with Gasteiger partial charge in [0.05, 0.1) is 33.4 Å². The Balaban J connectivity index is 1.79. The molecule has 2 atom stereocenters. The summed E-state index contributed by atoms with van der Waals surface area (Å²) in [6, 6.07) is 0.693. The molecule has 2 aliphatic heterocycles. The predicted octanol–water partition coefficient (Wildman–Crippen LogP) is 1.10. The van der Waals surface area contributed by atoms with Crippen molar-refractivity contribution in [1.29, 1.82) is 0 Å². The Morgan fingerprint density at radius 2 is 1.78 bits per heavy atom. The maximum absolute atomic E-state index is 3.72. The number of piperidine rings is 1. The highest BCUT2D eigenvalue weighted by Gasteiger charge is 2.28. The summed E-state index contributed by atoms with van der Waals surface area (Å²) in [6.07, 6.45) is 4.55. The molecule has 2 unspecified atom stereocenters. The first-order valence-electron chi connectivity index (χ1n) is 7.57. The lowest BCUT2D eigenvalue weighted by Gasteiger charge is -2.44. The summed E-state index contributed by atoms with van der Waals surface area (Å²) in [5.41, 5.74) is 3.72. The fourth-order valence-electron chi connectivity index (χ4n) is 3.02. The Labute approximate surface area is 112 Å². The van der Waals surface area contributed by atoms with E-state index in [1.165, 1.54) is 56.5 Å². The maximum Gasteiger partial charge on any atom is 0.0912 e. The van der Waals surface area contributed by atoms with Gasteiger partial charge >= 0.3 is 0 Å². The van der Waals surface area contributed by atoms with Crippen LogP contribution in [0.3, 0.4) is 0 Å². The summed E-state index contributed by atoms with van der Waals surface area (Å²) in [5, 5.41) is 2.46. The van der Waals surface area contributed by atoms with Gasteiger partial charge in [-0.1, -0.05) is 6.42 Å². The Morgan fingerprint density at radius 3 is 2.39 bits per heavy atom. The Morgan fingerprint density at radius 1 is 1.11 bits per heavy atom. The summed E-state index contributed by atoms with van der Waals surface area (Å²) in [6.45, 7) is 10.8. The van der Waals surface area contributed by atoms with Gasteiger partial charge in [0.1, 0.15) is 0 Å². The van der Waals surface area contributed by atoms with Gasteiger partial charge in [0.2, 0.25) is 0 Å². The number of piperazine rings is 1. The van der Waals surface area contributed by atoms with Gasteiger partial charge in [-0.25, -0.2) is 10.4 Å². The van der Waals surface area contributed by atoms with E-state index in [1.807, 2.05) is 0 Å². The Kier molecular flexibility index (Phi) is 4.64. The lowest BCUT2D eigenvalue weighted by atomic mass is 10.1. The van der Waals surface area contributed by atoms with Crippen LogP contribution in [-0.4, -0.2) is 73.4 Å². The van der Waals surface area contributed by atoms with Crippen LogP contribution in [0.25, 0.3) is 0 Å². The number of nitrogens with zero attached hydrogens (tertiary/aromatic N) is 3. The van der Waals surface area contributed by atoms with Crippen molar-refractivity contribution in [1.82, 2.24) is 15.3 Å². The van der Waals surface area contributed by atoms with Gasteiger partial charge in [-0.05, 0) is 26.7 Å². The number of nitrogens with one attached hydrogen (secondary N) is 1. The molecular formula is C14H31N4+. The standard InChI is InChI=1S/C14H31N4/c1-13-7-5-6-8-17(13)15-14(2)16-9-11-18(3,4)12-10-16/h13-15H,5-12H2,1-4H3/q+1. The van der Waals surface area contributed by atoms with Crippen LogP contribution in [0.2, 0.25) is 0 Å². The van der Waals surface area contributed by atoms with Crippen molar-refractivity contribution in [2.24, 2.45) is 0 Å². The molecule has 1 N–H and O–H groups in total. The van der Waals surface area contributed by atoms with E-state index in [9.17, 15) is 0 Å². The van der Waals surface area contributed by atoms with E-state index in [2.05, 4.69) is 43.3 Å². The maximum atomic E-state index is 3.72. The first-order chi connectivity index (χ1) is 8.48. The summed E-state index contributed by atoms with van der Waals surface area (Å²) in [7, 11) is 4.67. The smallest absolute Gasteiger partial charge is 0.0912 e. The van der Waals surface area contributed by atoms with Gasteiger partial charge in [0.25, 0.3) is 0 Å². The average molecular weight is 255 g/mol. The van der Waals surface area contributed by atoms with Crippen molar-refractivity contribution < 1.29 is 4.48 Å². The Hall–Kier alpha value is -0.160. The van der Waals surface area contributed by atoms with Crippen LogP contribution in [0.4, 0.5) is 0 Å². The molecule has 4 nitrogen and oxygen atoms in total. The van der Waals surface area contributed by atoms with Crippen LogP contribution in [0.1, 0.15) is 33.1 Å². The number of hydrogen-bond acceptors (Lipinski definition) is 3. The molecule has 0 aromatic heterocycles. The average Bonchev–Trinajstić information content (AvgIpc) is 2.32. The van der Waals surface area contributed by atoms with Crippen LogP contribution in [0.5, 0.6) is 0 Å². The summed E-state index contributed by atoms with van der Waals surface area (Å²) >= 11 is 0. The molecule has 0 saturated carbocycles. The molecule has 0 spiro atoms. The molecule has 0 aromatic carbocycles. The molecule has 0 aliphatic carbocycles. The van der Waals surface area contributed by atoms with Gasteiger partial charge in [-0.15, -0.1) is 0 Å². The molecule has 2 rings (SSSR count). The Bertz CT molecular complexity index is 257. The zero-order valence-corrected chi connectivity index (χ0v) is 12.7. The van der Waals surface area contributed by atoms with E-state index in [-0.39, 0.29) is 0 Å². The van der Waals surface area contributed by atoms with Crippen LogP contribution in [0.15, 0.2) is 0 Å². The summed E-state index contributed by atoms with van der Waals surface area (Å²) in [4.78, 5) is 2.59. The third-order valence-electron chi connectivity index (χ3n) is 4.69. The molecule has 0 aromatic rings. The molecule has 18 heavy (non-hydrogen) atoms. The number of hydrazine groups is 1. The zero-order chi connectivity index (χ0) is 13.2. The van der Waals surface area contributed by atoms with Gasteiger partial charge in [-0.3, -0.25) is 4.90 Å². The van der Waals surface area contributed by atoms with Gasteiger partial charge in [0.15, 0.2) is 0 Å². The number of rotatable bonds is 3. The van der Waals surface area contributed by atoms with Crippen molar-refractivity contribution in [3.8, 4) is 0 Å². The highest BCUT2D eigenvalue weighted by atomic mass is 15.6. The number of hydrogen-bond donors (Lipinski definition) is 1. The molecule has 4 heteroatoms. The van der Waals surface area contributed by atoms with E-state index in [0.29, 0.717) is 12.2 Å². The molecule has 2 saturated heterocycles. The van der Waals surface area contributed by atoms with Crippen molar-refractivity contribution in [2.45, 2.75) is 45.3 Å². The fraction of sp³-hybridized carbons (Fsp3) is 1.00. The van der Waals surface area contributed by atoms with E-state index >= 15 is 0 Å². The minimum absolute atomic E-state index is 0.478. The van der Waals surface area contributed by atoms with Crippen LogP contribution < -0.4 is 5.43 Å². The first kappa shape index (κ1) is 14.3. The molecule has 0 amide bonds. The molecule has 2 heterocycles. The monoisotopic (exact) mass is 255 g/mol. The van der Waals surface area contributed by atoms with Crippen molar-refractivity contribution in [3.05, 3.63) is 0 Å². The molecule has 106 valence electrons. The van der Waals surface area contributed by atoms with E-state index < -0.39 is 0 Å². The van der Waals surface area contributed by atoms with Gasteiger partial charge in [-0.2, -0.15) is 0 Å². The third-order valence-corrected chi connectivity index (χ3v) is 4.69. The van der Waals surface area contributed by atoms with Crippen molar-refractivity contribution in [2.75, 3.05) is 46.8 Å². The summed E-state index contributed by atoms with van der Waals surface area (Å²) in [5.74, 6) is 0. The topological polar surface area (TPSA) is 18.5 Å². The van der Waals surface area contributed by atoms with Crippen molar-refractivity contribution >= 4 is 0 Å². The summed E-state index contributed by atoms with van der Waals surface area (Å²) < 4.78 is 1.17. The molecule has 0 radical (unpaired) electrons. The van der Waals surface area contributed by atoms with E-state index in [1.54, 1.807) is 0 Å². The first-order valence-corrected chi connectivity index (χ1v) is 7.57. The van der Waals surface area contributed by atoms with Gasteiger partial charge in [0, 0.05) is 25.7 Å². The quantitative estimate of drug-likeness (QED) is 0.762. The molecule has 2 fully saturated rings. The molecular weight excluding hydrogens is 224 g/mol. The lowest BCUT2D eigenvalue weighted by molar-refractivity contribution is -0.894. The highest BCUT2D eigenvalue weighted by Crippen LogP contribution is 2.15. The minimum atomic E-state index is 0.478. The van der Waals surface area contributed by atoms with Crippen LogP contribution in [-0.2, 0) is 0 Å². The van der Waals surface area contributed by atoms with Crippen LogP contribution in [0, 0.1) is 0 Å². The number of quaternary nitrogens is 1.